The van der Waals surface area contributed by atoms with Gasteiger partial charge in [0.15, 0.2) is 4.45 Å². The number of hydrogen-bond acceptors (Lipinski definition) is 4. The van der Waals surface area contributed by atoms with Crippen molar-refractivity contribution in [1.82, 2.24) is 4.90 Å². The molecule has 0 aromatic heterocycles. The van der Waals surface area contributed by atoms with Crippen LogP contribution in [0.3, 0.4) is 0 Å². The quantitative estimate of drug-likeness (QED) is 0.223. The van der Waals surface area contributed by atoms with Crippen molar-refractivity contribution >= 4 is 39.6 Å². The van der Waals surface area contributed by atoms with Crippen molar-refractivity contribution in [2.45, 2.75) is 34.8 Å². The monoisotopic (exact) mass is 301 g/mol. The predicted octanol–water partition coefficient (Wildman–Crippen LogP) is -3.08. The van der Waals surface area contributed by atoms with Crippen molar-refractivity contribution in [3.05, 3.63) is 0 Å². The zero-order chi connectivity index (χ0) is 10.7. The maximum Gasteiger partial charge on any atom is 1.00 e. The summed E-state index contributed by atoms with van der Waals surface area (Å²) in [5.74, 6) is -1.38. The fourth-order valence-corrected chi connectivity index (χ4v) is 4.39. The van der Waals surface area contributed by atoms with Crippen molar-refractivity contribution in [3.8, 4) is 0 Å². The molecule has 2 heterocycles. The minimum atomic E-state index is -1.36. The summed E-state index contributed by atoms with van der Waals surface area (Å²) in [7, 11) is 0. The minimum absolute atomic E-state index is 0. The van der Waals surface area contributed by atoms with Gasteiger partial charge in [-0.3, -0.25) is 4.79 Å². The van der Waals surface area contributed by atoms with E-state index < -0.39 is 15.2 Å². The van der Waals surface area contributed by atoms with E-state index in [9.17, 15) is 14.7 Å². The molecule has 0 spiro atoms. The van der Waals surface area contributed by atoms with Gasteiger partial charge in [0.05, 0.1) is 22.5 Å². The number of amides is 1. The van der Waals surface area contributed by atoms with Crippen molar-refractivity contribution in [1.29, 1.82) is 0 Å². The average molecular weight is 302 g/mol. The van der Waals surface area contributed by atoms with Crippen LogP contribution in [-0.2, 0) is 9.59 Å². The molecule has 15 heavy (non-hydrogen) atoms. The molecule has 2 aliphatic heterocycles. The van der Waals surface area contributed by atoms with Gasteiger partial charge in [-0.05, 0) is 13.8 Å². The Bertz CT molecular complexity index is 338. The summed E-state index contributed by atoms with van der Waals surface area (Å²) in [5, 5.41) is 11.1. The molecule has 0 N–H and O–H groups in total. The summed E-state index contributed by atoms with van der Waals surface area (Å²) in [6.45, 7) is 3.60. The van der Waals surface area contributed by atoms with Crippen LogP contribution in [0.2, 0.25) is 0 Å². The van der Waals surface area contributed by atoms with Gasteiger partial charge in [-0.15, -0.1) is 11.8 Å². The minimum Gasteiger partial charge on any atom is -0.547 e. The van der Waals surface area contributed by atoms with Crippen molar-refractivity contribution in [2.24, 2.45) is 0 Å². The van der Waals surface area contributed by atoms with Crippen LogP contribution in [0.25, 0.3) is 0 Å². The summed E-state index contributed by atoms with van der Waals surface area (Å²) in [5.41, 5.74) is 0. The molecule has 0 radical (unpaired) electrons. The molecule has 1 amide bonds. The third-order valence-electron chi connectivity index (χ3n) is 2.74. The number of carbonyl (C=O) groups excluding carboxylic acids is 2. The number of carboxylic acid groups (broad SMARTS) is 1. The molecule has 0 aromatic carbocycles. The molecule has 0 aromatic rings. The van der Waals surface area contributed by atoms with Gasteiger partial charge in [0, 0.05) is 0 Å². The summed E-state index contributed by atoms with van der Waals surface area (Å²) in [6, 6.07) is 0. The first-order valence-electron chi connectivity index (χ1n) is 4.21. The van der Waals surface area contributed by atoms with Gasteiger partial charge in [-0.1, -0.05) is 15.9 Å². The molecule has 0 unspecified atom stereocenters. The molecule has 2 atom stereocenters. The second-order valence-electron chi connectivity index (χ2n) is 3.96. The fourth-order valence-electron chi connectivity index (χ4n) is 1.90. The van der Waals surface area contributed by atoms with E-state index in [1.165, 1.54) is 16.7 Å². The van der Waals surface area contributed by atoms with Crippen LogP contribution in [0.5, 0.6) is 0 Å². The van der Waals surface area contributed by atoms with E-state index in [0.29, 0.717) is 6.42 Å². The molecule has 78 valence electrons. The third-order valence-corrected chi connectivity index (χ3v) is 6.23. The van der Waals surface area contributed by atoms with Crippen molar-refractivity contribution in [3.63, 3.8) is 0 Å². The van der Waals surface area contributed by atoms with Crippen molar-refractivity contribution < 1.29 is 44.3 Å². The molecule has 2 aliphatic rings. The summed E-state index contributed by atoms with van der Waals surface area (Å²) in [4.78, 5) is 23.8. The van der Waals surface area contributed by atoms with Gasteiger partial charge < -0.3 is 14.8 Å². The average Bonchev–Trinajstić information content (AvgIpc) is 2.16. The number of carbonyl (C=O) groups is 2. The number of aliphatic carboxylic acids is 1. The molecule has 0 aliphatic carbocycles. The molecular weight excluding hydrogens is 293 g/mol. The molecular formula is C8H9BrNNaO3S. The summed E-state index contributed by atoms with van der Waals surface area (Å²) >= 11 is 4.65. The molecule has 0 saturated carbocycles. The topological polar surface area (TPSA) is 60.4 Å². The largest absolute Gasteiger partial charge is 1.00 e. The Morgan fingerprint density at radius 3 is 2.53 bits per heavy atom. The maximum absolute atomic E-state index is 11.3. The van der Waals surface area contributed by atoms with Crippen LogP contribution in [0.15, 0.2) is 0 Å². The number of rotatable bonds is 1. The Morgan fingerprint density at radius 1 is 1.67 bits per heavy atom. The van der Waals surface area contributed by atoms with E-state index >= 15 is 0 Å². The number of fused-ring (bicyclic) bond motifs is 1. The molecule has 2 rings (SSSR count). The van der Waals surface area contributed by atoms with E-state index in [4.69, 9.17) is 0 Å². The smallest absolute Gasteiger partial charge is 0.547 e. The first-order chi connectivity index (χ1) is 6.30. The molecule has 2 fully saturated rings. The SMILES string of the molecule is CC1(C)S[C@@H]2CC(=O)N2[C@@]1(Br)C(=O)[O-].[Na+]. The number of thioether (sulfide) groups is 1. The van der Waals surface area contributed by atoms with E-state index in [0.717, 1.165) is 0 Å². The van der Waals surface area contributed by atoms with Gasteiger partial charge in [0.1, 0.15) is 0 Å². The van der Waals surface area contributed by atoms with E-state index in [2.05, 4.69) is 15.9 Å². The summed E-state index contributed by atoms with van der Waals surface area (Å²) in [6.07, 6.45) is 0.425. The second-order valence-corrected chi connectivity index (χ2v) is 6.91. The van der Waals surface area contributed by atoms with Gasteiger partial charge >= 0.3 is 29.6 Å². The zero-order valence-electron chi connectivity index (χ0n) is 8.74. The Labute approximate surface area is 123 Å². The number of hydrogen-bond donors (Lipinski definition) is 0. The number of nitrogens with zero attached hydrogens (tertiary/aromatic N) is 1. The first-order valence-corrected chi connectivity index (χ1v) is 5.88. The Hall–Kier alpha value is 0.770. The van der Waals surface area contributed by atoms with Gasteiger partial charge in [0.2, 0.25) is 5.91 Å². The first kappa shape index (κ1) is 13.8. The normalized spacial score (nSPS) is 36.6. The Balaban J connectivity index is 0.00000112. The summed E-state index contributed by atoms with van der Waals surface area (Å²) < 4.78 is -1.92. The van der Waals surface area contributed by atoms with Crippen LogP contribution in [0, 0.1) is 0 Å². The third kappa shape index (κ3) is 1.60. The van der Waals surface area contributed by atoms with Crippen LogP contribution in [0.1, 0.15) is 20.3 Å². The number of halogens is 1. The zero-order valence-corrected chi connectivity index (χ0v) is 13.1. The predicted molar refractivity (Wildman–Crippen MR) is 53.6 cm³/mol. The molecule has 0 bridgehead atoms. The maximum atomic E-state index is 11.3. The molecule has 2 saturated heterocycles. The molecule has 7 heteroatoms. The van der Waals surface area contributed by atoms with Gasteiger partial charge in [0.25, 0.3) is 0 Å². The Kier molecular flexibility index (Phi) is 3.60. The van der Waals surface area contributed by atoms with E-state index in [1.807, 2.05) is 0 Å². The number of carboxylic acids is 1. The van der Waals surface area contributed by atoms with Crippen LogP contribution >= 0.6 is 27.7 Å². The van der Waals surface area contributed by atoms with E-state index in [1.54, 1.807) is 13.8 Å². The number of alkyl halides is 1. The van der Waals surface area contributed by atoms with Crippen molar-refractivity contribution in [2.75, 3.05) is 0 Å². The van der Waals surface area contributed by atoms with Gasteiger partial charge in [-0.2, -0.15) is 0 Å². The van der Waals surface area contributed by atoms with Crippen LogP contribution in [0.4, 0.5) is 0 Å². The van der Waals surface area contributed by atoms with E-state index in [-0.39, 0.29) is 40.8 Å². The Morgan fingerprint density at radius 2 is 2.20 bits per heavy atom. The van der Waals surface area contributed by atoms with Crippen LogP contribution < -0.4 is 34.7 Å². The van der Waals surface area contributed by atoms with Crippen LogP contribution in [-0.4, -0.2) is 31.3 Å². The standard InChI is InChI=1S/C8H10BrNO3S.Na/c1-7(2)8(9,6(12)13)10-4(11)3-5(10)14-7;/h5H,3H2,1-2H3,(H,12,13);/q;+1/p-1/t5-,8+;/m1./s1. The fraction of sp³-hybridized carbons (Fsp3) is 0.750. The van der Waals surface area contributed by atoms with Gasteiger partial charge in [-0.25, -0.2) is 0 Å². The second kappa shape index (κ2) is 3.91. The number of β-lactam (4-membered cyclic amide) rings is 1. The molecule has 4 nitrogen and oxygen atoms in total.